The molecule has 0 aliphatic heterocycles. The van der Waals surface area contributed by atoms with Gasteiger partial charge in [0, 0.05) is 30.3 Å². The van der Waals surface area contributed by atoms with Gasteiger partial charge in [-0.3, -0.25) is 4.79 Å². The van der Waals surface area contributed by atoms with Crippen LogP contribution in [0.2, 0.25) is 5.02 Å². The van der Waals surface area contributed by atoms with E-state index in [1.807, 2.05) is 0 Å². The van der Waals surface area contributed by atoms with Gasteiger partial charge in [-0.2, -0.15) is 9.57 Å². The number of halogens is 3. The molecule has 1 amide bonds. The van der Waals surface area contributed by atoms with Crippen molar-refractivity contribution in [1.82, 2.24) is 9.62 Å². The average Bonchev–Trinajstić information content (AvgIpc) is 2.67. The fraction of sp³-hybridized carbons (Fsp3) is 0.263. The minimum atomic E-state index is -3.93. The van der Waals surface area contributed by atoms with E-state index in [9.17, 15) is 27.3 Å². The maximum atomic E-state index is 13.9. The van der Waals surface area contributed by atoms with Gasteiger partial charge in [-0.25, -0.2) is 17.2 Å². The highest BCUT2D eigenvalue weighted by atomic mass is 35.5. The summed E-state index contributed by atoms with van der Waals surface area (Å²) in [6.07, 6.45) is 0. The lowest BCUT2D eigenvalue weighted by molar-refractivity contribution is 0.0944. The van der Waals surface area contributed by atoms with Crippen molar-refractivity contribution in [2.24, 2.45) is 0 Å². The molecule has 154 valence electrons. The lowest BCUT2D eigenvalue weighted by Crippen LogP contribution is -2.31. The number of carbonyl (C=O) groups is 1. The zero-order chi connectivity index (χ0) is 21.8. The first-order valence-electron chi connectivity index (χ1n) is 8.60. The molecule has 29 heavy (non-hydrogen) atoms. The predicted octanol–water partition coefficient (Wildman–Crippen LogP) is 3.64. The minimum absolute atomic E-state index is 0.0603. The molecule has 1 unspecified atom stereocenters. The lowest BCUT2D eigenvalue weighted by atomic mass is 10.1. The summed E-state index contributed by atoms with van der Waals surface area (Å²) in [7, 11) is -3.93. The fourth-order valence-electron chi connectivity index (χ4n) is 2.67. The van der Waals surface area contributed by atoms with Gasteiger partial charge in [0.1, 0.15) is 22.6 Å². The Kier molecular flexibility index (Phi) is 7.30. The van der Waals surface area contributed by atoms with E-state index in [0.717, 1.165) is 18.2 Å². The number of hydrogen-bond donors (Lipinski definition) is 1. The van der Waals surface area contributed by atoms with E-state index in [0.29, 0.717) is 6.07 Å². The molecule has 6 nitrogen and oxygen atoms in total. The van der Waals surface area contributed by atoms with Crippen LogP contribution in [0.5, 0.6) is 0 Å². The molecule has 1 atom stereocenters. The third-order valence-corrected chi connectivity index (χ3v) is 6.73. The van der Waals surface area contributed by atoms with E-state index in [4.69, 9.17) is 11.6 Å². The molecule has 0 aliphatic rings. The molecular formula is C19H18ClF2N3O3S. The maximum absolute atomic E-state index is 13.9. The summed E-state index contributed by atoms with van der Waals surface area (Å²) in [4.78, 5) is 12.3. The summed E-state index contributed by atoms with van der Waals surface area (Å²) in [6.45, 7) is 3.76. The highest BCUT2D eigenvalue weighted by Crippen LogP contribution is 2.26. The second-order valence-corrected chi connectivity index (χ2v) is 8.25. The van der Waals surface area contributed by atoms with Gasteiger partial charge in [0.2, 0.25) is 10.0 Å². The molecule has 2 aromatic rings. The molecule has 2 aromatic carbocycles. The van der Waals surface area contributed by atoms with Crippen LogP contribution in [0.3, 0.4) is 0 Å². The number of carbonyl (C=O) groups excluding carboxylic acids is 1. The van der Waals surface area contributed by atoms with Crippen molar-refractivity contribution in [3.05, 3.63) is 64.2 Å². The Bertz CT molecular complexity index is 1070. The summed E-state index contributed by atoms with van der Waals surface area (Å²) >= 11 is 6.03. The molecule has 0 spiro atoms. The van der Waals surface area contributed by atoms with Crippen LogP contribution < -0.4 is 5.32 Å². The first-order chi connectivity index (χ1) is 13.6. The summed E-state index contributed by atoms with van der Waals surface area (Å²) in [6, 6.07) is 6.58. The summed E-state index contributed by atoms with van der Waals surface area (Å²) < 4.78 is 53.7. The van der Waals surface area contributed by atoms with E-state index in [1.54, 1.807) is 19.9 Å². The second kappa shape index (κ2) is 9.31. The molecule has 0 radical (unpaired) electrons. The van der Waals surface area contributed by atoms with E-state index in [-0.39, 0.29) is 34.1 Å². The van der Waals surface area contributed by atoms with Crippen LogP contribution in [0.15, 0.2) is 41.3 Å². The normalized spacial score (nSPS) is 12.4. The number of nitrogens with zero attached hydrogens (tertiary/aromatic N) is 2. The van der Waals surface area contributed by atoms with E-state index in [2.05, 4.69) is 5.32 Å². The molecule has 0 fully saturated rings. The molecule has 0 saturated heterocycles. The molecule has 2 rings (SSSR count). The van der Waals surface area contributed by atoms with Crippen LogP contribution in [0.25, 0.3) is 0 Å². The average molecular weight is 442 g/mol. The van der Waals surface area contributed by atoms with E-state index in [1.165, 1.54) is 16.4 Å². The van der Waals surface area contributed by atoms with E-state index < -0.39 is 33.6 Å². The van der Waals surface area contributed by atoms with Gasteiger partial charge in [0.25, 0.3) is 5.91 Å². The van der Waals surface area contributed by atoms with Crippen LogP contribution >= 0.6 is 11.6 Å². The number of sulfonamides is 1. The van der Waals surface area contributed by atoms with Crippen molar-refractivity contribution < 1.29 is 22.0 Å². The Morgan fingerprint density at radius 2 is 1.86 bits per heavy atom. The van der Waals surface area contributed by atoms with Crippen molar-refractivity contribution in [3.63, 3.8) is 0 Å². The van der Waals surface area contributed by atoms with Gasteiger partial charge in [-0.1, -0.05) is 31.5 Å². The van der Waals surface area contributed by atoms with Crippen LogP contribution in [0, 0.1) is 23.0 Å². The molecule has 0 bridgehead atoms. The molecule has 1 N–H and O–H groups in total. The molecular weight excluding hydrogens is 424 g/mol. The Morgan fingerprint density at radius 3 is 2.41 bits per heavy atom. The highest BCUT2D eigenvalue weighted by molar-refractivity contribution is 7.89. The third kappa shape index (κ3) is 4.90. The van der Waals surface area contributed by atoms with Crippen LogP contribution in [-0.4, -0.2) is 31.7 Å². The zero-order valence-electron chi connectivity index (χ0n) is 15.6. The Hall–Kier alpha value is -2.54. The minimum Gasteiger partial charge on any atom is -0.332 e. The lowest BCUT2D eigenvalue weighted by Gasteiger charge is -2.20. The summed E-state index contributed by atoms with van der Waals surface area (Å²) in [5.74, 6) is -2.62. The molecule has 0 saturated carbocycles. The van der Waals surface area contributed by atoms with Crippen LogP contribution in [0.4, 0.5) is 8.78 Å². The highest BCUT2D eigenvalue weighted by Gasteiger charge is 2.26. The Labute approximate surface area is 172 Å². The molecule has 0 aromatic heterocycles. The third-order valence-electron chi connectivity index (χ3n) is 4.19. The van der Waals surface area contributed by atoms with E-state index >= 15 is 0 Å². The second-order valence-electron chi connectivity index (χ2n) is 5.94. The molecule has 0 aliphatic carbocycles. The van der Waals surface area contributed by atoms with Crippen LogP contribution in [0.1, 0.15) is 35.8 Å². The van der Waals surface area contributed by atoms with Crippen LogP contribution in [-0.2, 0) is 10.0 Å². The van der Waals surface area contributed by atoms with Gasteiger partial charge < -0.3 is 5.32 Å². The maximum Gasteiger partial charge on any atom is 0.252 e. The van der Waals surface area contributed by atoms with Gasteiger partial charge in [-0.15, -0.1) is 0 Å². The van der Waals surface area contributed by atoms with Crippen molar-refractivity contribution in [1.29, 1.82) is 5.26 Å². The first-order valence-corrected chi connectivity index (χ1v) is 10.4. The van der Waals surface area contributed by atoms with Gasteiger partial charge in [0.05, 0.1) is 11.1 Å². The number of nitriles is 1. The first kappa shape index (κ1) is 22.7. The Morgan fingerprint density at radius 1 is 1.21 bits per heavy atom. The summed E-state index contributed by atoms with van der Waals surface area (Å²) in [5, 5.41) is 11.5. The SMILES string of the molecule is CCN(CC)S(=O)(=O)c1cc(C(=O)NC(C#N)c2ccc(F)cc2F)ccc1Cl. The van der Waals surface area contributed by atoms with Crippen molar-refractivity contribution >= 4 is 27.5 Å². The van der Waals surface area contributed by atoms with Crippen molar-refractivity contribution in [2.75, 3.05) is 13.1 Å². The number of hydrogen-bond acceptors (Lipinski definition) is 4. The Balaban J connectivity index is 2.38. The number of rotatable bonds is 7. The number of benzene rings is 2. The largest absolute Gasteiger partial charge is 0.332 e. The topological polar surface area (TPSA) is 90.3 Å². The molecule has 0 heterocycles. The zero-order valence-corrected chi connectivity index (χ0v) is 17.2. The fourth-order valence-corrected chi connectivity index (χ4v) is 4.63. The quantitative estimate of drug-likeness (QED) is 0.710. The van der Waals surface area contributed by atoms with Gasteiger partial charge in [-0.05, 0) is 24.3 Å². The number of amides is 1. The van der Waals surface area contributed by atoms with Gasteiger partial charge >= 0.3 is 0 Å². The van der Waals surface area contributed by atoms with Gasteiger partial charge in [0.15, 0.2) is 0 Å². The van der Waals surface area contributed by atoms with Crippen molar-refractivity contribution in [2.45, 2.75) is 24.8 Å². The standard InChI is InChI=1S/C19H18ClF2N3O3S/c1-3-25(4-2)29(27,28)18-9-12(5-8-15(18)20)19(26)24-17(11-23)14-7-6-13(21)10-16(14)22/h5-10,17H,3-4H2,1-2H3,(H,24,26). The monoisotopic (exact) mass is 441 g/mol. The predicted molar refractivity (Wildman–Crippen MR) is 104 cm³/mol. The molecule has 10 heteroatoms. The summed E-state index contributed by atoms with van der Waals surface area (Å²) in [5.41, 5.74) is -0.296. The smallest absolute Gasteiger partial charge is 0.252 e. The van der Waals surface area contributed by atoms with Crippen molar-refractivity contribution in [3.8, 4) is 6.07 Å². The number of nitrogens with one attached hydrogen (secondary N) is 1.